The van der Waals surface area contributed by atoms with Gasteiger partial charge in [0.2, 0.25) is 0 Å². The Hall–Kier alpha value is -1.00. The summed E-state index contributed by atoms with van der Waals surface area (Å²) in [6.07, 6.45) is 1.76. The maximum absolute atomic E-state index is 12.5. The Bertz CT molecular complexity index is 447. The van der Waals surface area contributed by atoms with Crippen molar-refractivity contribution < 1.29 is 9.90 Å². The fraction of sp³-hybridized carbons (Fsp3) is 0.643. The van der Waals surface area contributed by atoms with E-state index in [4.69, 9.17) is 11.6 Å². The van der Waals surface area contributed by atoms with Crippen LogP contribution in [-0.2, 0) is 0 Å². The summed E-state index contributed by atoms with van der Waals surface area (Å²) in [4.78, 5) is 14.2. The molecule has 0 aromatic carbocycles. The van der Waals surface area contributed by atoms with Crippen LogP contribution in [0.1, 0.15) is 51.1 Å². The molecule has 0 radical (unpaired) electrons. The zero-order valence-electron chi connectivity index (χ0n) is 12.3. The number of halogens is 1. The average molecular weight is 287 g/mol. The Morgan fingerprint density at radius 1 is 1.53 bits per heavy atom. The number of hydrogen-bond donors (Lipinski definition) is 1. The lowest BCUT2D eigenvalue weighted by Crippen LogP contribution is -2.42. The molecule has 1 aromatic heterocycles. The molecule has 5 heteroatoms. The van der Waals surface area contributed by atoms with Gasteiger partial charge >= 0.3 is 0 Å². The van der Waals surface area contributed by atoms with Gasteiger partial charge in [0.15, 0.2) is 0 Å². The predicted octanol–water partition coefficient (Wildman–Crippen LogP) is 2.96. The quantitative estimate of drug-likeness (QED) is 0.904. The Morgan fingerprint density at radius 3 is 2.53 bits per heavy atom. The molecule has 1 heterocycles. The summed E-state index contributed by atoms with van der Waals surface area (Å²) < 4.78 is 1.86. The number of nitrogens with zero attached hydrogens (tertiary/aromatic N) is 2. The van der Waals surface area contributed by atoms with Gasteiger partial charge in [0, 0.05) is 25.3 Å². The van der Waals surface area contributed by atoms with Crippen molar-refractivity contribution in [2.24, 2.45) is 0 Å². The average Bonchev–Trinajstić information content (AvgIpc) is 2.66. The molecule has 0 aliphatic heterocycles. The molecule has 0 atom stereocenters. The van der Waals surface area contributed by atoms with Gasteiger partial charge in [0.25, 0.3) is 5.91 Å². The number of carbonyl (C=O) groups excluding carboxylic acids is 1. The van der Waals surface area contributed by atoms with Crippen molar-refractivity contribution in [2.75, 3.05) is 13.1 Å². The Balaban J connectivity index is 3.04. The Kier molecular flexibility index (Phi) is 5.04. The molecule has 0 fully saturated rings. The third-order valence-electron chi connectivity index (χ3n) is 2.84. The monoisotopic (exact) mass is 286 g/mol. The van der Waals surface area contributed by atoms with E-state index in [1.165, 1.54) is 0 Å². The number of hydrogen-bond acceptors (Lipinski definition) is 2. The van der Waals surface area contributed by atoms with Gasteiger partial charge in [0.05, 0.1) is 10.6 Å². The van der Waals surface area contributed by atoms with E-state index in [1.807, 2.05) is 25.3 Å². The van der Waals surface area contributed by atoms with E-state index in [2.05, 4.69) is 0 Å². The van der Waals surface area contributed by atoms with Crippen molar-refractivity contribution in [3.8, 4) is 0 Å². The predicted molar refractivity (Wildman–Crippen MR) is 77.7 cm³/mol. The highest BCUT2D eigenvalue weighted by Crippen LogP contribution is 2.21. The molecule has 0 saturated heterocycles. The SMILES string of the molecule is CCN(CC(C)(C)O)C(=O)c1cc(Cl)cn1C(C)C. The van der Waals surface area contributed by atoms with Crippen molar-refractivity contribution in [2.45, 2.75) is 46.3 Å². The molecule has 0 aliphatic rings. The van der Waals surface area contributed by atoms with Crippen molar-refractivity contribution in [3.63, 3.8) is 0 Å². The molecule has 1 amide bonds. The number of aliphatic hydroxyl groups is 1. The standard InChI is InChI=1S/C14H23ClN2O2/c1-6-16(9-14(4,5)19)13(18)12-7-11(15)8-17(12)10(2)3/h7-8,10,19H,6,9H2,1-5H3. The van der Waals surface area contributed by atoms with Crippen LogP contribution < -0.4 is 0 Å². The molecular weight excluding hydrogens is 264 g/mol. The fourth-order valence-corrected chi connectivity index (χ4v) is 2.21. The van der Waals surface area contributed by atoms with Crippen LogP contribution in [0.2, 0.25) is 5.02 Å². The van der Waals surface area contributed by atoms with Crippen LogP contribution >= 0.6 is 11.6 Å². The van der Waals surface area contributed by atoms with E-state index < -0.39 is 5.60 Å². The van der Waals surface area contributed by atoms with E-state index in [0.717, 1.165) is 0 Å². The van der Waals surface area contributed by atoms with Crippen LogP contribution in [0.3, 0.4) is 0 Å². The van der Waals surface area contributed by atoms with Gasteiger partial charge in [-0.1, -0.05) is 11.6 Å². The summed E-state index contributed by atoms with van der Waals surface area (Å²) in [5.74, 6) is -0.106. The van der Waals surface area contributed by atoms with Gasteiger partial charge in [-0.25, -0.2) is 0 Å². The third kappa shape index (κ3) is 4.25. The van der Waals surface area contributed by atoms with Gasteiger partial charge in [0.1, 0.15) is 5.69 Å². The van der Waals surface area contributed by atoms with E-state index in [1.54, 1.807) is 31.0 Å². The second kappa shape index (κ2) is 5.97. The molecule has 1 rings (SSSR count). The molecule has 1 N–H and O–H groups in total. The first kappa shape index (κ1) is 16.1. The minimum Gasteiger partial charge on any atom is -0.389 e. The molecule has 0 saturated carbocycles. The summed E-state index contributed by atoms with van der Waals surface area (Å²) >= 11 is 5.99. The lowest BCUT2D eigenvalue weighted by molar-refractivity contribution is 0.0308. The fourth-order valence-electron chi connectivity index (χ4n) is 2.00. The first-order chi connectivity index (χ1) is 8.65. The third-order valence-corrected chi connectivity index (χ3v) is 3.04. The summed E-state index contributed by atoms with van der Waals surface area (Å²) in [6.45, 7) is 10.1. The topological polar surface area (TPSA) is 45.5 Å². The summed E-state index contributed by atoms with van der Waals surface area (Å²) in [7, 11) is 0. The first-order valence-corrected chi connectivity index (χ1v) is 6.92. The van der Waals surface area contributed by atoms with Crippen LogP contribution in [0.25, 0.3) is 0 Å². The zero-order chi connectivity index (χ0) is 14.8. The zero-order valence-corrected chi connectivity index (χ0v) is 13.0. The molecule has 0 spiro atoms. The van der Waals surface area contributed by atoms with Crippen molar-refractivity contribution in [1.82, 2.24) is 9.47 Å². The molecule has 4 nitrogen and oxygen atoms in total. The normalized spacial score (nSPS) is 12.0. The molecule has 0 unspecified atom stereocenters. The second-order valence-electron chi connectivity index (χ2n) is 5.68. The van der Waals surface area contributed by atoms with Crippen molar-refractivity contribution in [3.05, 3.63) is 23.0 Å². The van der Waals surface area contributed by atoms with Gasteiger partial charge in [-0.2, -0.15) is 0 Å². The highest BCUT2D eigenvalue weighted by molar-refractivity contribution is 6.31. The number of rotatable bonds is 5. The molecule has 0 aliphatic carbocycles. The number of likely N-dealkylation sites (N-methyl/N-ethyl adjacent to an activating group) is 1. The van der Waals surface area contributed by atoms with Crippen molar-refractivity contribution >= 4 is 17.5 Å². The molecule has 0 bridgehead atoms. The second-order valence-corrected chi connectivity index (χ2v) is 6.11. The number of amides is 1. The van der Waals surface area contributed by atoms with Crippen LogP contribution in [-0.4, -0.2) is 39.2 Å². The molecule has 1 aromatic rings. The Morgan fingerprint density at radius 2 is 2.11 bits per heavy atom. The number of aromatic nitrogens is 1. The molecular formula is C14H23ClN2O2. The highest BCUT2D eigenvalue weighted by atomic mass is 35.5. The largest absolute Gasteiger partial charge is 0.389 e. The minimum atomic E-state index is -0.912. The van der Waals surface area contributed by atoms with Gasteiger partial charge < -0.3 is 14.6 Å². The van der Waals surface area contributed by atoms with E-state index >= 15 is 0 Å². The Labute approximate surface area is 120 Å². The summed E-state index contributed by atoms with van der Waals surface area (Å²) in [5.41, 5.74) is -0.351. The highest BCUT2D eigenvalue weighted by Gasteiger charge is 2.25. The minimum absolute atomic E-state index is 0.106. The lowest BCUT2D eigenvalue weighted by Gasteiger charge is -2.28. The van der Waals surface area contributed by atoms with Gasteiger partial charge in [-0.3, -0.25) is 4.79 Å². The maximum Gasteiger partial charge on any atom is 0.270 e. The van der Waals surface area contributed by atoms with E-state index in [0.29, 0.717) is 23.8 Å². The molecule has 108 valence electrons. The summed E-state index contributed by atoms with van der Waals surface area (Å²) in [5, 5.41) is 10.4. The smallest absolute Gasteiger partial charge is 0.270 e. The van der Waals surface area contributed by atoms with Gasteiger partial charge in [-0.15, -0.1) is 0 Å². The maximum atomic E-state index is 12.5. The van der Waals surface area contributed by atoms with E-state index in [-0.39, 0.29) is 11.9 Å². The van der Waals surface area contributed by atoms with Crippen LogP contribution in [0.4, 0.5) is 0 Å². The van der Waals surface area contributed by atoms with Gasteiger partial charge in [-0.05, 0) is 40.7 Å². The number of carbonyl (C=O) groups is 1. The first-order valence-electron chi connectivity index (χ1n) is 6.54. The molecule has 19 heavy (non-hydrogen) atoms. The summed E-state index contributed by atoms with van der Waals surface area (Å²) in [6, 6.07) is 1.84. The van der Waals surface area contributed by atoms with Crippen LogP contribution in [0.5, 0.6) is 0 Å². The van der Waals surface area contributed by atoms with E-state index in [9.17, 15) is 9.90 Å². The van der Waals surface area contributed by atoms with Crippen molar-refractivity contribution in [1.29, 1.82) is 0 Å². The van der Waals surface area contributed by atoms with Crippen LogP contribution in [0, 0.1) is 0 Å². The lowest BCUT2D eigenvalue weighted by atomic mass is 10.1. The van der Waals surface area contributed by atoms with Crippen LogP contribution in [0.15, 0.2) is 12.3 Å².